The number of nitrogen functional groups attached to an aromatic ring is 1. The molecule has 134 valence electrons. The van der Waals surface area contributed by atoms with Gasteiger partial charge in [-0.2, -0.15) is 0 Å². The first-order valence-corrected chi connectivity index (χ1v) is 8.04. The van der Waals surface area contributed by atoms with Gasteiger partial charge in [-0.25, -0.2) is 0 Å². The minimum Gasteiger partial charge on any atom is -0.459 e. The summed E-state index contributed by atoms with van der Waals surface area (Å²) in [6.45, 7) is 3.08. The van der Waals surface area contributed by atoms with Gasteiger partial charge in [-0.05, 0) is 49.6 Å². The number of furan rings is 1. The van der Waals surface area contributed by atoms with Crippen LogP contribution in [0.15, 0.2) is 41.0 Å². The number of amides is 2. The molecule has 0 saturated carbocycles. The van der Waals surface area contributed by atoms with Crippen LogP contribution in [0.4, 0.5) is 5.69 Å². The zero-order chi connectivity index (χ0) is 17.1. The fraction of sp³-hybridized carbons (Fsp3) is 0.333. The molecule has 2 amide bonds. The zero-order valence-electron chi connectivity index (χ0n) is 14.0. The molecule has 6 nitrogen and oxygen atoms in total. The standard InChI is InChI=1S/C18H21N3O3.ClH/c1-12-4-5-13(19)11-15(12)17(22)20-14-6-8-21(9-7-14)18(23)16-3-2-10-24-16;/h2-5,10-11,14H,6-9,19H2,1H3,(H,20,22);1H. The Morgan fingerprint density at radius 2 is 1.96 bits per heavy atom. The summed E-state index contributed by atoms with van der Waals surface area (Å²) in [5.74, 6) is 0.139. The van der Waals surface area contributed by atoms with E-state index in [0.717, 1.165) is 18.4 Å². The van der Waals surface area contributed by atoms with Gasteiger partial charge in [0.15, 0.2) is 5.76 Å². The molecule has 1 aromatic heterocycles. The highest BCUT2D eigenvalue weighted by Gasteiger charge is 2.26. The van der Waals surface area contributed by atoms with Crippen LogP contribution >= 0.6 is 12.4 Å². The maximum Gasteiger partial charge on any atom is 0.289 e. The number of rotatable bonds is 3. The SMILES string of the molecule is Cc1ccc(N)cc1C(=O)NC1CCN(C(=O)c2ccco2)CC1.Cl. The molecule has 1 aliphatic heterocycles. The third kappa shape index (κ3) is 4.33. The van der Waals surface area contributed by atoms with Crippen LogP contribution in [0, 0.1) is 6.92 Å². The lowest BCUT2D eigenvalue weighted by molar-refractivity contribution is 0.0667. The number of nitrogens with two attached hydrogens (primary N) is 1. The van der Waals surface area contributed by atoms with Crippen LogP contribution < -0.4 is 11.1 Å². The van der Waals surface area contributed by atoms with Gasteiger partial charge in [0, 0.05) is 30.4 Å². The summed E-state index contributed by atoms with van der Waals surface area (Å²) in [6.07, 6.45) is 2.94. The van der Waals surface area contributed by atoms with Crippen LogP contribution in [-0.4, -0.2) is 35.8 Å². The molecule has 1 aliphatic rings. The molecule has 0 aliphatic carbocycles. The van der Waals surface area contributed by atoms with Crippen molar-refractivity contribution in [1.29, 1.82) is 0 Å². The Kier molecular flexibility index (Phi) is 6.09. The number of halogens is 1. The summed E-state index contributed by atoms with van der Waals surface area (Å²) in [5, 5.41) is 3.04. The first-order chi connectivity index (χ1) is 11.5. The van der Waals surface area contributed by atoms with Gasteiger partial charge in [0.05, 0.1) is 6.26 Å². The van der Waals surface area contributed by atoms with Crippen molar-refractivity contribution in [3.05, 3.63) is 53.5 Å². The first kappa shape index (κ1) is 18.9. The molecule has 0 unspecified atom stereocenters. The van der Waals surface area contributed by atoms with Gasteiger partial charge in [-0.15, -0.1) is 12.4 Å². The number of likely N-dealkylation sites (tertiary alicyclic amines) is 1. The lowest BCUT2D eigenvalue weighted by Crippen LogP contribution is -2.46. The number of aryl methyl sites for hydroxylation is 1. The van der Waals surface area contributed by atoms with E-state index in [1.165, 1.54) is 6.26 Å². The number of hydrogen-bond donors (Lipinski definition) is 2. The lowest BCUT2D eigenvalue weighted by atomic mass is 10.0. The molecule has 7 heteroatoms. The fourth-order valence-corrected chi connectivity index (χ4v) is 2.93. The molecule has 0 radical (unpaired) electrons. The Balaban J connectivity index is 0.00000225. The van der Waals surface area contributed by atoms with Gasteiger partial charge in [0.2, 0.25) is 0 Å². The summed E-state index contributed by atoms with van der Waals surface area (Å²) in [5.41, 5.74) is 7.83. The average Bonchev–Trinajstić information content (AvgIpc) is 3.11. The minimum absolute atomic E-state index is 0. The number of piperidine rings is 1. The van der Waals surface area contributed by atoms with Crippen LogP contribution in [0.1, 0.15) is 39.3 Å². The number of benzene rings is 1. The molecule has 1 saturated heterocycles. The summed E-state index contributed by atoms with van der Waals surface area (Å²) < 4.78 is 5.15. The van der Waals surface area contributed by atoms with Crippen molar-refractivity contribution in [2.75, 3.05) is 18.8 Å². The van der Waals surface area contributed by atoms with Crippen molar-refractivity contribution in [3.8, 4) is 0 Å². The van der Waals surface area contributed by atoms with E-state index in [-0.39, 0.29) is 30.3 Å². The molecule has 1 fully saturated rings. The topological polar surface area (TPSA) is 88.6 Å². The predicted octanol–water partition coefficient (Wildman–Crippen LogP) is 2.63. The molecular formula is C18H22ClN3O3. The van der Waals surface area contributed by atoms with Crippen molar-refractivity contribution in [3.63, 3.8) is 0 Å². The van der Waals surface area contributed by atoms with Gasteiger partial charge < -0.3 is 20.4 Å². The second-order valence-corrected chi connectivity index (χ2v) is 6.09. The molecule has 1 aromatic carbocycles. The number of carbonyl (C=O) groups is 2. The summed E-state index contributed by atoms with van der Waals surface area (Å²) in [4.78, 5) is 26.4. The van der Waals surface area contributed by atoms with Gasteiger partial charge in [0.1, 0.15) is 0 Å². The van der Waals surface area contributed by atoms with Crippen molar-refractivity contribution in [2.24, 2.45) is 0 Å². The Hall–Kier alpha value is -2.47. The maximum absolute atomic E-state index is 12.4. The molecule has 2 heterocycles. The van der Waals surface area contributed by atoms with Crippen molar-refractivity contribution >= 4 is 29.9 Å². The van der Waals surface area contributed by atoms with E-state index in [2.05, 4.69) is 5.32 Å². The van der Waals surface area contributed by atoms with Gasteiger partial charge in [-0.1, -0.05) is 6.07 Å². The molecule has 3 rings (SSSR count). The van der Waals surface area contributed by atoms with Crippen LogP contribution in [0.25, 0.3) is 0 Å². The monoisotopic (exact) mass is 363 g/mol. The quantitative estimate of drug-likeness (QED) is 0.820. The van der Waals surface area contributed by atoms with Gasteiger partial charge in [0.25, 0.3) is 11.8 Å². The summed E-state index contributed by atoms with van der Waals surface area (Å²) in [7, 11) is 0. The number of carbonyl (C=O) groups excluding carboxylic acids is 2. The highest BCUT2D eigenvalue weighted by Crippen LogP contribution is 2.17. The van der Waals surface area contributed by atoms with Crippen molar-refractivity contribution in [1.82, 2.24) is 10.2 Å². The summed E-state index contributed by atoms with van der Waals surface area (Å²) >= 11 is 0. The highest BCUT2D eigenvalue weighted by atomic mass is 35.5. The number of nitrogens with zero attached hydrogens (tertiary/aromatic N) is 1. The van der Waals surface area contributed by atoms with E-state index in [0.29, 0.717) is 30.1 Å². The number of anilines is 1. The van der Waals surface area contributed by atoms with Crippen LogP contribution in [-0.2, 0) is 0 Å². The molecule has 0 atom stereocenters. The molecule has 3 N–H and O–H groups in total. The highest BCUT2D eigenvalue weighted by molar-refractivity contribution is 5.96. The second kappa shape index (κ2) is 8.07. The van der Waals surface area contributed by atoms with E-state index in [9.17, 15) is 9.59 Å². The summed E-state index contributed by atoms with van der Waals surface area (Å²) in [6, 6.07) is 8.74. The molecule has 0 spiro atoms. The Bertz CT molecular complexity index is 738. The van der Waals surface area contributed by atoms with E-state index >= 15 is 0 Å². The van der Waals surface area contributed by atoms with E-state index in [1.807, 2.05) is 13.0 Å². The van der Waals surface area contributed by atoms with E-state index in [1.54, 1.807) is 29.2 Å². The van der Waals surface area contributed by atoms with Crippen LogP contribution in [0.2, 0.25) is 0 Å². The van der Waals surface area contributed by atoms with Gasteiger partial charge >= 0.3 is 0 Å². The Labute approximate surface area is 152 Å². The molecule has 25 heavy (non-hydrogen) atoms. The first-order valence-electron chi connectivity index (χ1n) is 8.04. The third-order valence-corrected chi connectivity index (χ3v) is 4.36. The van der Waals surface area contributed by atoms with E-state index in [4.69, 9.17) is 10.2 Å². The molecule has 0 bridgehead atoms. The smallest absolute Gasteiger partial charge is 0.289 e. The Morgan fingerprint density at radius 1 is 1.24 bits per heavy atom. The van der Waals surface area contributed by atoms with Crippen LogP contribution in [0.5, 0.6) is 0 Å². The maximum atomic E-state index is 12.4. The van der Waals surface area contributed by atoms with Gasteiger partial charge in [-0.3, -0.25) is 9.59 Å². The fourth-order valence-electron chi connectivity index (χ4n) is 2.93. The lowest BCUT2D eigenvalue weighted by Gasteiger charge is -2.32. The number of nitrogens with one attached hydrogen (secondary N) is 1. The normalized spacial score (nSPS) is 14.7. The molecular weight excluding hydrogens is 342 g/mol. The zero-order valence-corrected chi connectivity index (χ0v) is 14.8. The largest absolute Gasteiger partial charge is 0.459 e. The van der Waals surface area contributed by atoms with Crippen molar-refractivity contribution in [2.45, 2.75) is 25.8 Å². The van der Waals surface area contributed by atoms with Crippen LogP contribution in [0.3, 0.4) is 0 Å². The average molecular weight is 364 g/mol. The van der Waals surface area contributed by atoms with Crippen molar-refractivity contribution < 1.29 is 14.0 Å². The third-order valence-electron chi connectivity index (χ3n) is 4.36. The number of hydrogen-bond acceptors (Lipinski definition) is 4. The molecule has 2 aromatic rings. The second-order valence-electron chi connectivity index (χ2n) is 6.09. The minimum atomic E-state index is -0.115. The van der Waals surface area contributed by atoms with E-state index < -0.39 is 0 Å². The predicted molar refractivity (Wildman–Crippen MR) is 97.9 cm³/mol. The Morgan fingerprint density at radius 3 is 2.60 bits per heavy atom.